The van der Waals surface area contributed by atoms with Crippen LogP contribution in [0.25, 0.3) is 0 Å². The van der Waals surface area contributed by atoms with Crippen molar-refractivity contribution in [2.45, 2.75) is 27.2 Å². The van der Waals surface area contributed by atoms with Crippen molar-refractivity contribution < 1.29 is 4.48 Å². The number of hydrogen-bond donors (Lipinski definition) is 0. The Hall–Kier alpha value is -0.740. The molecule has 0 saturated carbocycles. The smallest absolute Gasteiger partial charge is 0.144 e. The lowest BCUT2D eigenvalue weighted by Crippen LogP contribution is -2.33. The van der Waals surface area contributed by atoms with Gasteiger partial charge in [0.1, 0.15) is 6.54 Å². The fourth-order valence-electron chi connectivity index (χ4n) is 1.13. The normalized spacial score (nSPS) is 10.1. The third-order valence-electron chi connectivity index (χ3n) is 1.40. The molecule has 0 saturated heterocycles. The van der Waals surface area contributed by atoms with Crippen molar-refractivity contribution in [3.05, 3.63) is 11.8 Å². The van der Waals surface area contributed by atoms with Crippen LogP contribution in [0.4, 0.5) is 0 Å². The summed E-state index contributed by atoms with van der Waals surface area (Å²) in [6.45, 7) is 7.22. The zero-order valence-corrected chi connectivity index (χ0v) is 8.94. The first kappa shape index (κ1) is 11.3. The molecule has 0 atom stereocenters. The zero-order chi connectivity index (χ0) is 9.61. The Morgan fingerprint density at radius 3 is 2.25 bits per heavy atom. The van der Waals surface area contributed by atoms with Crippen LogP contribution in [-0.2, 0) is 0 Å². The summed E-state index contributed by atoms with van der Waals surface area (Å²) in [4.78, 5) is 0. The van der Waals surface area contributed by atoms with E-state index in [4.69, 9.17) is 0 Å². The molecule has 0 rings (SSSR count). The van der Waals surface area contributed by atoms with Crippen LogP contribution in [0.15, 0.2) is 11.8 Å². The maximum Gasteiger partial charge on any atom is 0.144 e. The second kappa shape index (κ2) is 5.00. The summed E-state index contributed by atoms with van der Waals surface area (Å²) in [7, 11) is 4.33. The lowest BCUT2D eigenvalue weighted by atomic mass is 10.3. The number of nitrogens with zero attached hydrogens (tertiary/aromatic N) is 1. The molecule has 0 unspecified atom stereocenters. The average Bonchev–Trinajstić information content (AvgIpc) is 1.84. The summed E-state index contributed by atoms with van der Waals surface area (Å²) in [6, 6.07) is 0. The minimum absolute atomic E-state index is 0.856. The highest BCUT2D eigenvalue weighted by molar-refractivity contribution is 4.99. The molecule has 0 fully saturated rings. The Labute approximate surface area is 76.7 Å². The summed E-state index contributed by atoms with van der Waals surface area (Å²) in [5.74, 6) is 6.24. The molecule has 1 heteroatoms. The predicted octanol–water partition coefficient (Wildman–Crippen LogP) is 2.40. The summed E-state index contributed by atoms with van der Waals surface area (Å²) in [6.07, 6.45) is 3.18. The van der Waals surface area contributed by atoms with Gasteiger partial charge in [-0.15, -0.1) is 0 Å². The van der Waals surface area contributed by atoms with Crippen LogP contribution < -0.4 is 0 Å². The van der Waals surface area contributed by atoms with Gasteiger partial charge in [0.05, 0.1) is 20.3 Å². The largest absolute Gasteiger partial charge is 0.292 e. The Kier molecular flexibility index (Phi) is 4.70. The van der Waals surface area contributed by atoms with E-state index in [1.165, 1.54) is 5.57 Å². The Bertz CT molecular complexity index is 209. The van der Waals surface area contributed by atoms with Gasteiger partial charge in [0.15, 0.2) is 0 Å². The van der Waals surface area contributed by atoms with Crippen LogP contribution in [0.3, 0.4) is 0 Å². The second-order valence-electron chi connectivity index (χ2n) is 3.85. The highest BCUT2D eigenvalue weighted by Crippen LogP contribution is 2.01. The molecule has 0 aromatic heterocycles. The van der Waals surface area contributed by atoms with E-state index in [1.54, 1.807) is 0 Å². The molecular weight excluding hydrogens is 146 g/mol. The van der Waals surface area contributed by atoms with Gasteiger partial charge in [-0.25, -0.2) is 0 Å². The summed E-state index contributed by atoms with van der Waals surface area (Å²) in [5.41, 5.74) is 1.35. The molecule has 0 aliphatic heterocycles. The molecule has 0 radical (unpaired) electrons. The van der Waals surface area contributed by atoms with E-state index >= 15 is 0 Å². The van der Waals surface area contributed by atoms with E-state index in [2.05, 4.69) is 52.9 Å². The molecule has 0 aromatic carbocycles. The van der Waals surface area contributed by atoms with Gasteiger partial charge in [-0.05, 0) is 25.3 Å². The van der Waals surface area contributed by atoms with E-state index in [0.29, 0.717) is 0 Å². The maximum atomic E-state index is 3.16. The highest BCUT2D eigenvalue weighted by Gasteiger charge is 2.08. The van der Waals surface area contributed by atoms with Crippen molar-refractivity contribution in [1.82, 2.24) is 0 Å². The number of rotatable bonds is 2. The Morgan fingerprint density at radius 1 is 1.25 bits per heavy atom. The van der Waals surface area contributed by atoms with Crippen LogP contribution >= 0.6 is 0 Å². The van der Waals surface area contributed by atoms with Gasteiger partial charge >= 0.3 is 0 Å². The van der Waals surface area contributed by atoms with Gasteiger partial charge in [-0.1, -0.05) is 12.8 Å². The van der Waals surface area contributed by atoms with Gasteiger partial charge in [-0.3, -0.25) is 4.48 Å². The lowest BCUT2D eigenvalue weighted by Gasteiger charge is -2.22. The first-order valence-corrected chi connectivity index (χ1v) is 4.42. The molecule has 0 aromatic rings. The molecule has 0 heterocycles. The highest BCUT2D eigenvalue weighted by atomic mass is 15.3. The van der Waals surface area contributed by atoms with Crippen LogP contribution in [0.2, 0.25) is 0 Å². The molecule has 1 nitrogen and oxygen atoms in total. The molecule has 0 spiro atoms. The van der Waals surface area contributed by atoms with Crippen LogP contribution in [0, 0.1) is 11.8 Å². The van der Waals surface area contributed by atoms with Gasteiger partial charge in [0, 0.05) is 6.42 Å². The number of quaternary nitrogens is 1. The number of allylic oxidation sites excluding steroid dienone is 1. The minimum atomic E-state index is 0.856. The van der Waals surface area contributed by atoms with Crippen LogP contribution in [0.1, 0.15) is 27.2 Å². The van der Waals surface area contributed by atoms with E-state index in [0.717, 1.165) is 17.4 Å². The second-order valence-corrected chi connectivity index (χ2v) is 3.85. The number of hydrogen-bond acceptors (Lipinski definition) is 0. The molecular formula is C11H20N+. The van der Waals surface area contributed by atoms with Crippen molar-refractivity contribution in [3.8, 4) is 11.8 Å². The molecule has 0 aliphatic rings. The third kappa shape index (κ3) is 6.00. The zero-order valence-electron chi connectivity index (χ0n) is 8.94. The lowest BCUT2D eigenvalue weighted by molar-refractivity contribution is -0.831. The van der Waals surface area contributed by atoms with Gasteiger partial charge < -0.3 is 0 Å². The monoisotopic (exact) mass is 166 g/mol. The van der Waals surface area contributed by atoms with E-state index in [9.17, 15) is 0 Å². The molecule has 12 heavy (non-hydrogen) atoms. The fourth-order valence-corrected chi connectivity index (χ4v) is 1.13. The van der Waals surface area contributed by atoms with Crippen molar-refractivity contribution in [2.75, 3.05) is 20.6 Å². The minimum Gasteiger partial charge on any atom is -0.292 e. The average molecular weight is 166 g/mol. The standard InChI is InChI=1S/C11H20N/c1-6-7-8-9-12(4,5)10-11(2)3/h10H,6,9H2,1-5H3/q+1. The van der Waals surface area contributed by atoms with E-state index < -0.39 is 0 Å². The molecule has 0 aliphatic carbocycles. The van der Waals surface area contributed by atoms with Crippen molar-refractivity contribution >= 4 is 0 Å². The fraction of sp³-hybridized carbons (Fsp3) is 0.636. The van der Waals surface area contributed by atoms with Crippen LogP contribution in [-0.4, -0.2) is 25.1 Å². The third-order valence-corrected chi connectivity index (χ3v) is 1.40. The summed E-state index contributed by atoms with van der Waals surface area (Å²) >= 11 is 0. The van der Waals surface area contributed by atoms with Crippen molar-refractivity contribution in [1.29, 1.82) is 0 Å². The molecule has 0 amide bonds. The Balaban J connectivity index is 4.14. The first-order chi connectivity index (χ1) is 5.48. The van der Waals surface area contributed by atoms with Crippen molar-refractivity contribution in [2.24, 2.45) is 0 Å². The van der Waals surface area contributed by atoms with E-state index in [1.807, 2.05) is 0 Å². The van der Waals surface area contributed by atoms with Gasteiger partial charge in [0.2, 0.25) is 0 Å². The summed E-state index contributed by atoms with van der Waals surface area (Å²) in [5, 5.41) is 0. The molecule has 0 bridgehead atoms. The predicted molar refractivity (Wildman–Crippen MR) is 54.5 cm³/mol. The van der Waals surface area contributed by atoms with Crippen molar-refractivity contribution in [3.63, 3.8) is 0 Å². The van der Waals surface area contributed by atoms with E-state index in [-0.39, 0.29) is 0 Å². The quantitative estimate of drug-likeness (QED) is 0.436. The molecule has 0 N–H and O–H groups in total. The van der Waals surface area contributed by atoms with Gasteiger partial charge in [-0.2, -0.15) is 0 Å². The first-order valence-electron chi connectivity index (χ1n) is 4.42. The van der Waals surface area contributed by atoms with Crippen LogP contribution in [0.5, 0.6) is 0 Å². The Morgan fingerprint density at radius 2 is 1.83 bits per heavy atom. The molecule has 68 valence electrons. The SMILES string of the molecule is CCC#CC[N+](C)(C)C=C(C)C. The topological polar surface area (TPSA) is 0 Å². The summed E-state index contributed by atoms with van der Waals surface area (Å²) < 4.78 is 0.856. The maximum absolute atomic E-state index is 3.16. The van der Waals surface area contributed by atoms with Gasteiger partial charge in [0.25, 0.3) is 0 Å².